The Kier molecular flexibility index (Phi) is 5.86. The Bertz CT molecular complexity index is 922. The third kappa shape index (κ3) is 4.53. The Balaban J connectivity index is 1.55. The molecule has 0 aliphatic carbocycles. The van der Waals surface area contributed by atoms with E-state index in [1.165, 1.54) is 6.07 Å². The van der Waals surface area contributed by atoms with E-state index in [0.717, 1.165) is 22.6 Å². The summed E-state index contributed by atoms with van der Waals surface area (Å²) in [5.74, 6) is -0.350. The van der Waals surface area contributed by atoms with E-state index in [9.17, 15) is 9.18 Å². The summed E-state index contributed by atoms with van der Waals surface area (Å²) < 4.78 is 20.7. The first kappa shape index (κ1) is 18.6. The normalized spacial score (nSPS) is 10.6. The van der Waals surface area contributed by atoms with Gasteiger partial charge in [-0.05, 0) is 38.1 Å². The third-order valence-electron chi connectivity index (χ3n) is 4.30. The van der Waals surface area contributed by atoms with Crippen LogP contribution in [-0.4, -0.2) is 28.8 Å². The van der Waals surface area contributed by atoms with Crippen LogP contribution >= 0.6 is 0 Å². The number of para-hydroxylation sites is 2. The molecule has 3 aromatic rings. The highest BCUT2D eigenvalue weighted by atomic mass is 19.1. The van der Waals surface area contributed by atoms with Crippen molar-refractivity contribution in [2.75, 3.05) is 13.2 Å². The van der Waals surface area contributed by atoms with E-state index in [0.29, 0.717) is 6.54 Å². The van der Waals surface area contributed by atoms with Crippen molar-refractivity contribution in [3.05, 3.63) is 77.4 Å². The number of carbonyl (C=O) groups excluding carboxylic acids is 1. The van der Waals surface area contributed by atoms with Gasteiger partial charge in [0.2, 0.25) is 5.91 Å². The van der Waals surface area contributed by atoms with E-state index < -0.39 is 5.82 Å². The topological polar surface area (TPSA) is 56.2 Å². The number of carbonyl (C=O) groups is 1. The van der Waals surface area contributed by atoms with Gasteiger partial charge in [0.25, 0.3) is 0 Å². The number of nitrogens with zero attached hydrogens (tertiary/aromatic N) is 2. The highest BCUT2D eigenvalue weighted by Gasteiger charge is 2.15. The zero-order valence-corrected chi connectivity index (χ0v) is 15.4. The molecule has 2 aromatic carbocycles. The van der Waals surface area contributed by atoms with Crippen LogP contribution < -0.4 is 10.1 Å². The summed E-state index contributed by atoms with van der Waals surface area (Å²) in [6, 6.07) is 16.0. The maximum Gasteiger partial charge on any atom is 0.224 e. The summed E-state index contributed by atoms with van der Waals surface area (Å²) in [4.78, 5) is 12.3. The molecular weight excluding hydrogens is 345 g/mol. The molecule has 0 fully saturated rings. The van der Waals surface area contributed by atoms with Crippen LogP contribution in [0.15, 0.2) is 54.6 Å². The van der Waals surface area contributed by atoms with Crippen LogP contribution in [-0.2, 0) is 11.2 Å². The molecule has 0 radical (unpaired) electrons. The molecule has 0 atom stereocenters. The lowest BCUT2D eigenvalue weighted by Crippen LogP contribution is -2.29. The maximum absolute atomic E-state index is 13.5. The molecule has 27 heavy (non-hydrogen) atoms. The van der Waals surface area contributed by atoms with Crippen molar-refractivity contribution in [2.45, 2.75) is 20.3 Å². The second-order valence-corrected chi connectivity index (χ2v) is 6.20. The number of rotatable bonds is 7. The van der Waals surface area contributed by atoms with Crippen LogP contribution in [0.4, 0.5) is 4.39 Å². The van der Waals surface area contributed by atoms with Crippen molar-refractivity contribution in [2.24, 2.45) is 0 Å². The smallest absolute Gasteiger partial charge is 0.224 e. The van der Waals surface area contributed by atoms with E-state index >= 15 is 0 Å². The number of aryl methyl sites for hydroxylation is 1. The summed E-state index contributed by atoms with van der Waals surface area (Å²) in [5.41, 5.74) is 3.64. The Labute approximate surface area is 157 Å². The van der Waals surface area contributed by atoms with Crippen molar-refractivity contribution < 1.29 is 13.9 Å². The molecule has 0 aliphatic heterocycles. The molecular formula is C21H22FN3O2. The van der Waals surface area contributed by atoms with Crippen molar-refractivity contribution in [3.8, 4) is 11.4 Å². The van der Waals surface area contributed by atoms with Crippen LogP contribution in [0.1, 0.15) is 17.0 Å². The summed E-state index contributed by atoms with van der Waals surface area (Å²) in [7, 11) is 0. The average molecular weight is 367 g/mol. The zero-order chi connectivity index (χ0) is 19.2. The van der Waals surface area contributed by atoms with Gasteiger partial charge in [-0.15, -0.1) is 0 Å². The van der Waals surface area contributed by atoms with Crippen LogP contribution in [0.3, 0.4) is 0 Å². The Morgan fingerprint density at radius 3 is 2.56 bits per heavy atom. The van der Waals surface area contributed by atoms with Gasteiger partial charge in [0, 0.05) is 11.3 Å². The monoisotopic (exact) mass is 367 g/mol. The fraction of sp³-hybridized carbons (Fsp3) is 0.238. The lowest BCUT2D eigenvalue weighted by atomic mass is 10.1. The summed E-state index contributed by atoms with van der Waals surface area (Å²) in [6.07, 6.45) is 0.240. The quantitative estimate of drug-likeness (QED) is 0.652. The molecule has 140 valence electrons. The minimum atomic E-state index is -0.414. The zero-order valence-electron chi connectivity index (χ0n) is 15.4. The van der Waals surface area contributed by atoms with Crippen molar-refractivity contribution >= 4 is 5.91 Å². The average Bonchev–Trinajstić information content (AvgIpc) is 2.95. The molecule has 0 unspecified atom stereocenters. The lowest BCUT2D eigenvalue weighted by molar-refractivity contribution is -0.120. The fourth-order valence-corrected chi connectivity index (χ4v) is 2.89. The number of amides is 1. The summed E-state index contributed by atoms with van der Waals surface area (Å²) in [5, 5.41) is 7.35. The SMILES string of the molecule is Cc1nn(-c2ccccc2)c(C)c1CC(=O)NCCOc1ccccc1F. The van der Waals surface area contributed by atoms with Gasteiger partial charge >= 0.3 is 0 Å². The minimum Gasteiger partial charge on any atom is -0.489 e. The molecule has 0 aliphatic rings. The Morgan fingerprint density at radius 2 is 1.81 bits per heavy atom. The predicted octanol–water partition coefficient (Wildman–Crippen LogP) is 3.37. The molecule has 1 heterocycles. The van der Waals surface area contributed by atoms with Gasteiger partial charge in [-0.1, -0.05) is 30.3 Å². The molecule has 3 rings (SSSR count). The molecule has 6 heteroatoms. The van der Waals surface area contributed by atoms with E-state index in [1.807, 2.05) is 48.9 Å². The maximum atomic E-state index is 13.5. The second-order valence-electron chi connectivity index (χ2n) is 6.20. The summed E-state index contributed by atoms with van der Waals surface area (Å²) in [6.45, 7) is 4.36. The van der Waals surface area contributed by atoms with E-state index in [4.69, 9.17) is 4.74 Å². The lowest BCUT2D eigenvalue weighted by Gasteiger charge is -2.09. The number of ether oxygens (including phenoxy) is 1. The Hall–Kier alpha value is -3.15. The van der Waals surface area contributed by atoms with Gasteiger partial charge in [-0.3, -0.25) is 4.79 Å². The first-order valence-electron chi connectivity index (χ1n) is 8.81. The predicted molar refractivity (Wildman–Crippen MR) is 102 cm³/mol. The van der Waals surface area contributed by atoms with Crippen molar-refractivity contribution in [3.63, 3.8) is 0 Å². The molecule has 0 saturated carbocycles. The molecule has 1 N–H and O–H groups in total. The number of nitrogens with one attached hydrogen (secondary N) is 1. The second kappa shape index (κ2) is 8.49. The van der Waals surface area contributed by atoms with Crippen molar-refractivity contribution in [1.29, 1.82) is 0 Å². The standard InChI is InChI=1S/C21H22FN3O2/c1-15-18(16(2)25(24-15)17-8-4-3-5-9-17)14-21(26)23-12-13-27-20-11-7-6-10-19(20)22/h3-11H,12-14H2,1-2H3,(H,23,26). The molecule has 5 nitrogen and oxygen atoms in total. The van der Waals surface area contributed by atoms with E-state index in [2.05, 4.69) is 10.4 Å². The van der Waals surface area contributed by atoms with Crippen LogP contribution in [0.25, 0.3) is 5.69 Å². The fourth-order valence-electron chi connectivity index (χ4n) is 2.89. The van der Waals surface area contributed by atoms with Gasteiger partial charge in [0.05, 0.1) is 24.3 Å². The molecule has 0 saturated heterocycles. The van der Waals surface area contributed by atoms with Gasteiger partial charge < -0.3 is 10.1 Å². The molecule has 1 aromatic heterocycles. The third-order valence-corrected chi connectivity index (χ3v) is 4.30. The van der Waals surface area contributed by atoms with Gasteiger partial charge in [-0.25, -0.2) is 9.07 Å². The number of aromatic nitrogens is 2. The minimum absolute atomic E-state index is 0.119. The number of benzene rings is 2. The van der Waals surface area contributed by atoms with Gasteiger partial charge in [0.15, 0.2) is 11.6 Å². The number of halogens is 1. The Morgan fingerprint density at radius 1 is 1.11 bits per heavy atom. The first-order chi connectivity index (χ1) is 13.1. The number of hydrogen-bond donors (Lipinski definition) is 1. The van der Waals surface area contributed by atoms with Gasteiger partial charge in [-0.2, -0.15) is 5.10 Å². The largest absolute Gasteiger partial charge is 0.489 e. The number of hydrogen-bond acceptors (Lipinski definition) is 3. The first-order valence-corrected chi connectivity index (χ1v) is 8.81. The van der Waals surface area contributed by atoms with Crippen LogP contribution in [0.2, 0.25) is 0 Å². The van der Waals surface area contributed by atoms with Crippen LogP contribution in [0, 0.1) is 19.7 Å². The van der Waals surface area contributed by atoms with E-state index in [1.54, 1.807) is 18.2 Å². The van der Waals surface area contributed by atoms with E-state index in [-0.39, 0.29) is 24.7 Å². The molecule has 0 bridgehead atoms. The van der Waals surface area contributed by atoms with Gasteiger partial charge in [0.1, 0.15) is 6.61 Å². The highest BCUT2D eigenvalue weighted by molar-refractivity contribution is 5.79. The van der Waals surface area contributed by atoms with Crippen molar-refractivity contribution in [1.82, 2.24) is 15.1 Å². The summed E-state index contributed by atoms with van der Waals surface area (Å²) >= 11 is 0. The molecule has 0 spiro atoms. The molecule has 1 amide bonds. The highest BCUT2D eigenvalue weighted by Crippen LogP contribution is 2.18. The van der Waals surface area contributed by atoms with Crippen LogP contribution in [0.5, 0.6) is 5.75 Å².